The first-order valence-corrected chi connectivity index (χ1v) is 6.54. The molecule has 0 bridgehead atoms. The van der Waals surface area contributed by atoms with Crippen LogP contribution in [0, 0.1) is 5.92 Å². The van der Waals surface area contributed by atoms with Crippen molar-refractivity contribution in [1.29, 1.82) is 0 Å². The van der Waals surface area contributed by atoms with Crippen molar-refractivity contribution < 1.29 is 32.6 Å². The van der Waals surface area contributed by atoms with Crippen LogP contribution in [0.2, 0.25) is 0 Å². The van der Waals surface area contributed by atoms with Crippen LogP contribution in [0.15, 0.2) is 0 Å². The summed E-state index contributed by atoms with van der Waals surface area (Å²) in [4.78, 5) is 24.0. The number of fused-ring (bicyclic) bond motifs is 1. The van der Waals surface area contributed by atoms with Crippen molar-refractivity contribution in [3.63, 3.8) is 0 Å². The van der Waals surface area contributed by atoms with E-state index >= 15 is 0 Å². The van der Waals surface area contributed by atoms with E-state index in [0.29, 0.717) is 12.8 Å². The third-order valence-electron chi connectivity index (χ3n) is 3.94. The summed E-state index contributed by atoms with van der Waals surface area (Å²) in [6, 6.07) is -1.39. The third kappa shape index (κ3) is 3.16. The summed E-state index contributed by atoms with van der Waals surface area (Å²) >= 11 is 0. The Labute approximate surface area is 113 Å². The highest BCUT2D eigenvalue weighted by Crippen LogP contribution is 2.40. The van der Waals surface area contributed by atoms with Gasteiger partial charge in [0.25, 0.3) is 0 Å². The number of rotatable bonds is 2. The lowest BCUT2D eigenvalue weighted by Gasteiger charge is -2.32. The maximum Gasteiger partial charge on any atom is 0.422 e. The van der Waals surface area contributed by atoms with Gasteiger partial charge in [-0.05, 0) is 25.2 Å². The average molecular weight is 295 g/mol. The van der Waals surface area contributed by atoms with Gasteiger partial charge in [0, 0.05) is 6.04 Å². The van der Waals surface area contributed by atoms with E-state index < -0.39 is 30.9 Å². The van der Waals surface area contributed by atoms with Gasteiger partial charge >= 0.3 is 18.2 Å². The van der Waals surface area contributed by atoms with Crippen molar-refractivity contribution in [1.82, 2.24) is 4.90 Å². The number of hydrogen-bond donors (Lipinski definition) is 1. The molecule has 114 valence electrons. The molecule has 0 radical (unpaired) electrons. The number of carbonyl (C=O) groups is 2. The Morgan fingerprint density at radius 1 is 1.25 bits per heavy atom. The second-order valence-corrected chi connectivity index (χ2v) is 5.28. The summed E-state index contributed by atoms with van der Waals surface area (Å²) in [6.07, 6.45) is -2.27. The molecule has 5 nitrogen and oxygen atoms in total. The zero-order chi connectivity index (χ0) is 14.9. The molecule has 1 amide bonds. The molecule has 1 saturated carbocycles. The van der Waals surface area contributed by atoms with Crippen LogP contribution in [0.5, 0.6) is 0 Å². The van der Waals surface area contributed by atoms with Crippen LogP contribution in [0.25, 0.3) is 0 Å². The largest absolute Gasteiger partial charge is 0.480 e. The normalized spacial score (nSPS) is 29.9. The first-order chi connectivity index (χ1) is 9.29. The number of ether oxygens (including phenoxy) is 1. The number of likely N-dealkylation sites (tertiary alicyclic amines) is 1. The van der Waals surface area contributed by atoms with E-state index in [4.69, 9.17) is 5.11 Å². The average Bonchev–Trinajstić information content (AvgIpc) is 2.74. The SMILES string of the molecule is O=C(O)C1CC2CCCCC2N1C(=O)OCC(F)(F)F. The minimum Gasteiger partial charge on any atom is -0.480 e. The van der Waals surface area contributed by atoms with Gasteiger partial charge in [-0.25, -0.2) is 9.59 Å². The van der Waals surface area contributed by atoms with Gasteiger partial charge in [-0.2, -0.15) is 13.2 Å². The Kier molecular flexibility index (Phi) is 4.10. The lowest BCUT2D eigenvalue weighted by molar-refractivity contribution is -0.164. The van der Waals surface area contributed by atoms with E-state index in [1.165, 1.54) is 0 Å². The van der Waals surface area contributed by atoms with Gasteiger partial charge in [0.05, 0.1) is 0 Å². The Hall–Kier alpha value is -1.47. The molecule has 8 heteroatoms. The maximum absolute atomic E-state index is 12.1. The van der Waals surface area contributed by atoms with Gasteiger partial charge in [-0.3, -0.25) is 4.90 Å². The molecule has 1 N–H and O–H groups in total. The van der Waals surface area contributed by atoms with Crippen LogP contribution in [0.4, 0.5) is 18.0 Å². The molecule has 3 unspecified atom stereocenters. The molecule has 2 rings (SSSR count). The van der Waals surface area contributed by atoms with Crippen molar-refractivity contribution in [2.75, 3.05) is 6.61 Å². The minimum atomic E-state index is -4.61. The topological polar surface area (TPSA) is 66.8 Å². The number of halogens is 3. The number of aliphatic carboxylic acids is 1. The minimum absolute atomic E-state index is 0.0447. The second kappa shape index (κ2) is 5.49. The fourth-order valence-electron chi connectivity index (χ4n) is 3.16. The van der Waals surface area contributed by atoms with Crippen molar-refractivity contribution in [3.8, 4) is 0 Å². The van der Waals surface area contributed by atoms with Gasteiger partial charge in [0.1, 0.15) is 6.04 Å². The number of carboxylic acid groups (broad SMARTS) is 1. The lowest BCUT2D eigenvalue weighted by Crippen LogP contribution is -2.47. The third-order valence-corrected chi connectivity index (χ3v) is 3.94. The smallest absolute Gasteiger partial charge is 0.422 e. The van der Waals surface area contributed by atoms with E-state index in [9.17, 15) is 22.8 Å². The van der Waals surface area contributed by atoms with E-state index in [-0.39, 0.29) is 12.0 Å². The molecule has 0 aromatic carbocycles. The van der Waals surface area contributed by atoms with E-state index in [0.717, 1.165) is 24.2 Å². The molecule has 1 heterocycles. The Bertz CT molecular complexity index is 399. The number of carbonyl (C=O) groups excluding carboxylic acids is 1. The first-order valence-electron chi connectivity index (χ1n) is 6.54. The fourth-order valence-corrected chi connectivity index (χ4v) is 3.16. The standard InChI is InChI=1S/C12H16F3NO4/c13-12(14,15)6-20-11(19)16-8-4-2-1-3-7(8)5-9(16)10(17)18/h7-9H,1-6H2,(H,17,18). The predicted octanol–water partition coefficient (Wildman–Crippen LogP) is 2.40. The number of alkyl halides is 3. The maximum atomic E-state index is 12.1. The summed E-state index contributed by atoms with van der Waals surface area (Å²) in [5.74, 6) is -1.15. The van der Waals surface area contributed by atoms with Crippen molar-refractivity contribution in [3.05, 3.63) is 0 Å². The number of carboxylic acids is 1. The molecular weight excluding hydrogens is 279 g/mol. The van der Waals surface area contributed by atoms with Gasteiger partial charge in [-0.1, -0.05) is 12.8 Å². The van der Waals surface area contributed by atoms with Gasteiger partial charge in [0.15, 0.2) is 6.61 Å². The van der Waals surface area contributed by atoms with Crippen molar-refractivity contribution in [2.45, 2.75) is 50.4 Å². The van der Waals surface area contributed by atoms with Gasteiger partial charge in [0.2, 0.25) is 0 Å². The highest BCUT2D eigenvalue weighted by molar-refractivity contribution is 5.81. The van der Waals surface area contributed by atoms with Crippen molar-refractivity contribution >= 4 is 12.1 Å². The molecule has 0 aromatic heterocycles. The molecule has 1 aliphatic heterocycles. The Morgan fingerprint density at radius 3 is 2.50 bits per heavy atom. The zero-order valence-corrected chi connectivity index (χ0v) is 10.7. The zero-order valence-electron chi connectivity index (χ0n) is 10.7. The predicted molar refractivity (Wildman–Crippen MR) is 61.0 cm³/mol. The summed E-state index contributed by atoms with van der Waals surface area (Å²) in [5.41, 5.74) is 0. The van der Waals surface area contributed by atoms with Crippen molar-refractivity contribution in [2.24, 2.45) is 5.92 Å². The van der Waals surface area contributed by atoms with Gasteiger partial charge < -0.3 is 9.84 Å². The molecule has 0 spiro atoms. The van der Waals surface area contributed by atoms with Crippen LogP contribution in [-0.4, -0.2) is 46.9 Å². The molecule has 2 fully saturated rings. The molecule has 3 atom stereocenters. The Morgan fingerprint density at radius 2 is 1.90 bits per heavy atom. The van der Waals surface area contributed by atoms with E-state index in [2.05, 4.69) is 4.74 Å². The van der Waals surface area contributed by atoms with Crippen LogP contribution in [-0.2, 0) is 9.53 Å². The van der Waals surface area contributed by atoms with E-state index in [1.807, 2.05) is 0 Å². The van der Waals surface area contributed by atoms with Crippen LogP contribution < -0.4 is 0 Å². The monoisotopic (exact) mass is 295 g/mol. The summed E-state index contributed by atoms with van der Waals surface area (Å²) in [7, 11) is 0. The molecule has 1 saturated heterocycles. The summed E-state index contributed by atoms with van der Waals surface area (Å²) in [6.45, 7) is -1.69. The van der Waals surface area contributed by atoms with Crippen LogP contribution in [0.3, 0.4) is 0 Å². The van der Waals surface area contributed by atoms with Crippen LogP contribution in [0.1, 0.15) is 32.1 Å². The molecule has 1 aliphatic carbocycles. The van der Waals surface area contributed by atoms with E-state index in [1.54, 1.807) is 0 Å². The highest BCUT2D eigenvalue weighted by atomic mass is 19.4. The molecule has 0 aromatic rings. The fraction of sp³-hybridized carbons (Fsp3) is 0.833. The quantitative estimate of drug-likeness (QED) is 0.849. The molecule has 2 aliphatic rings. The van der Waals surface area contributed by atoms with Crippen LogP contribution >= 0.6 is 0 Å². The highest BCUT2D eigenvalue weighted by Gasteiger charge is 2.48. The molecular formula is C12H16F3NO4. The van der Waals surface area contributed by atoms with Gasteiger partial charge in [-0.15, -0.1) is 0 Å². The lowest BCUT2D eigenvalue weighted by atomic mass is 9.85. The Balaban J connectivity index is 2.08. The summed E-state index contributed by atoms with van der Waals surface area (Å²) in [5, 5.41) is 9.14. The second-order valence-electron chi connectivity index (χ2n) is 5.28. The number of amides is 1. The first kappa shape index (κ1) is 14.9. The number of hydrogen-bond acceptors (Lipinski definition) is 3. The molecule has 20 heavy (non-hydrogen) atoms. The summed E-state index contributed by atoms with van der Waals surface area (Å²) < 4.78 is 40.5. The number of nitrogens with zero attached hydrogens (tertiary/aromatic N) is 1.